The van der Waals surface area contributed by atoms with Crippen molar-refractivity contribution in [2.75, 3.05) is 12.4 Å². The summed E-state index contributed by atoms with van der Waals surface area (Å²) in [5.41, 5.74) is 1.34. The van der Waals surface area contributed by atoms with Gasteiger partial charge in [-0.25, -0.2) is 18.2 Å². The lowest BCUT2D eigenvalue weighted by Gasteiger charge is -2.31. The highest BCUT2D eigenvalue weighted by Gasteiger charge is 2.30. The molecule has 184 valence electrons. The first-order valence-corrected chi connectivity index (χ1v) is 13.1. The van der Waals surface area contributed by atoms with Gasteiger partial charge in [0.25, 0.3) is 10.0 Å². The molecule has 0 aromatic heterocycles. The molecule has 1 aliphatic carbocycles. The maximum absolute atomic E-state index is 13.4. The number of urea groups is 1. The Morgan fingerprint density at radius 1 is 0.943 bits per heavy atom. The van der Waals surface area contributed by atoms with Crippen LogP contribution in [0, 0.1) is 0 Å². The molecule has 1 saturated carbocycles. The predicted octanol–water partition coefficient (Wildman–Crippen LogP) is 4.49. The van der Waals surface area contributed by atoms with E-state index in [9.17, 15) is 18.0 Å². The third-order valence-corrected chi connectivity index (χ3v) is 7.62. The van der Waals surface area contributed by atoms with Gasteiger partial charge in [0.1, 0.15) is 0 Å². The minimum atomic E-state index is -4.03. The summed E-state index contributed by atoms with van der Waals surface area (Å²) in [5, 5.41) is 5.57. The van der Waals surface area contributed by atoms with E-state index in [0.29, 0.717) is 11.3 Å². The van der Waals surface area contributed by atoms with Crippen LogP contribution in [0.1, 0.15) is 38.2 Å². The number of rotatable bonds is 7. The van der Waals surface area contributed by atoms with Gasteiger partial charge in [-0.05, 0) is 53.4 Å². The third kappa shape index (κ3) is 5.98. The fourth-order valence-corrected chi connectivity index (χ4v) is 5.46. The Labute approximate surface area is 205 Å². The lowest BCUT2D eigenvalue weighted by molar-refractivity contribution is -0.114. The number of nitrogens with one attached hydrogen (secondary N) is 2. The SMILES string of the molecule is CC(=O)Nc1ccc(CN(NS(=O)(=O)c2ccc3ccccc3c2)C(=O)N(C)C2CCCC2)cc1. The van der Waals surface area contributed by atoms with Gasteiger partial charge in [0.15, 0.2) is 0 Å². The number of sulfonamides is 1. The molecular weight excluding hydrogens is 464 g/mol. The fourth-order valence-electron chi connectivity index (χ4n) is 4.39. The van der Waals surface area contributed by atoms with Crippen LogP contribution in [0.15, 0.2) is 71.6 Å². The number of hydrogen-bond donors (Lipinski definition) is 2. The maximum Gasteiger partial charge on any atom is 0.335 e. The van der Waals surface area contributed by atoms with Gasteiger partial charge < -0.3 is 10.2 Å². The predicted molar refractivity (Wildman–Crippen MR) is 136 cm³/mol. The molecule has 8 nitrogen and oxygen atoms in total. The van der Waals surface area contributed by atoms with Crippen molar-refractivity contribution in [1.82, 2.24) is 14.7 Å². The summed E-state index contributed by atoms with van der Waals surface area (Å²) in [6, 6.07) is 19.0. The van der Waals surface area contributed by atoms with Gasteiger partial charge in [-0.3, -0.25) is 4.79 Å². The lowest BCUT2D eigenvalue weighted by atomic mass is 10.1. The lowest BCUT2D eigenvalue weighted by Crippen LogP contribution is -2.52. The minimum absolute atomic E-state index is 0.0308. The molecule has 1 fully saturated rings. The molecule has 1 aliphatic rings. The van der Waals surface area contributed by atoms with Gasteiger partial charge in [0.2, 0.25) is 5.91 Å². The van der Waals surface area contributed by atoms with Crippen LogP contribution >= 0.6 is 0 Å². The molecule has 0 saturated heterocycles. The Kier molecular flexibility index (Phi) is 7.37. The van der Waals surface area contributed by atoms with Gasteiger partial charge in [0.05, 0.1) is 11.4 Å². The highest BCUT2D eigenvalue weighted by molar-refractivity contribution is 7.89. The average Bonchev–Trinajstić information content (AvgIpc) is 3.38. The molecule has 0 spiro atoms. The van der Waals surface area contributed by atoms with Crippen LogP contribution in [0.2, 0.25) is 0 Å². The van der Waals surface area contributed by atoms with Crippen molar-refractivity contribution < 1.29 is 18.0 Å². The smallest absolute Gasteiger partial charge is 0.326 e. The fraction of sp³-hybridized carbons (Fsp3) is 0.308. The van der Waals surface area contributed by atoms with E-state index in [1.807, 2.05) is 24.3 Å². The van der Waals surface area contributed by atoms with Gasteiger partial charge >= 0.3 is 6.03 Å². The Bertz CT molecular complexity index is 1320. The van der Waals surface area contributed by atoms with Crippen LogP contribution in [0.3, 0.4) is 0 Å². The monoisotopic (exact) mass is 494 g/mol. The number of anilines is 1. The molecule has 0 radical (unpaired) electrons. The number of nitrogens with zero attached hydrogens (tertiary/aromatic N) is 2. The largest absolute Gasteiger partial charge is 0.335 e. The van der Waals surface area contributed by atoms with E-state index in [0.717, 1.165) is 41.5 Å². The Morgan fingerprint density at radius 3 is 2.26 bits per heavy atom. The summed E-state index contributed by atoms with van der Waals surface area (Å²) in [6.45, 7) is 1.46. The normalized spacial score (nSPS) is 14.1. The highest BCUT2D eigenvalue weighted by Crippen LogP contribution is 2.24. The van der Waals surface area contributed by atoms with E-state index in [1.54, 1.807) is 48.3 Å². The van der Waals surface area contributed by atoms with Crippen LogP contribution in [0.5, 0.6) is 0 Å². The molecule has 0 bridgehead atoms. The second-order valence-electron chi connectivity index (χ2n) is 8.90. The van der Waals surface area contributed by atoms with Crippen LogP contribution in [-0.4, -0.2) is 43.4 Å². The van der Waals surface area contributed by atoms with Crippen molar-refractivity contribution in [3.05, 3.63) is 72.3 Å². The zero-order valence-corrected chi connectivity index (χ0v) is 20.7. The zero-order valence-electron chi connectivity index (χ0n) is 19.9. The Morgan fingerprint density at radius 2 is 1.60 bits per heavy atom. The molecule has 2 N–H and O–H groups in total. The summed E-state index contributed by atoms with van der Waals surface area (Å²) in [6.07, 6.45) is 3.91. The van der Waals surface area contributed by atoms with Gasteiger partial charge in [-0.1, -0.05) is 55.3 Å². The topological polar surface area (TPSA) is 98.8 Å². The molecule has 35 heavy (non-hydrogen) atoms. The second-order valence-corrected chi connectivity index (χ2v) is 10.6. The number of amides is 3. The molecule has 4 rings (SSSR count). The summed E-state index contributed by atoms with van der Waals surface area (Å²) in [5.74, 6) is -0.184. The average molecular weight is 495 g/mol. The van der Waals surface area contributed by atoms with Gasteiger partial charge in [-0.15, -0.1) is 4.83 Å². The molecule has 0 heterocycles. The van der Waals surface area contributed by atoms with E-state index in [1.165, 1.54) is 13.0 Å². The number of benzene rings is 3. The van der Waals surface area contributed by atoms with Crippen LogP contribution in [0.25, 0.3) is 10.8 Å². The number of hydrazine groups is 1. The summed E-state index contributed by atoms with van der Waals surface area (Å²) < 4.78 is 26.7. The minimum Gasteiger partial charge on any atom is -0.326 e. The van der Waals surface area contributed by atoms with E-state index < -0.39 is 16.1 Å². The first kappa shape index (κ1) is 24.7. The van der Waals surface area contributed by atoms with Gasteiger partial charge in [0, 0.05) is 25.7 Å². The van der Waals surface area contributed by atoms with E-state index in [2.05, 4.69) is 10.1 Å². The molecule has 0 atom stereocenters. The van der Waals surface area contributed by atoms with Crippen molar-refractivity contribution in [1.29, 1.82) is 0 Å². The molecule has 9 heteroatoms. The van der Waals surface area contributed by atoms with Crippen molar-refractivity contribution in [3.8, 4) is 0 Å². The third-order valence-electron chi connectivity index (χ3n) is 6.28. The van der Waals surface area contributed by atoms with E-state index in [4.69, 9.17) is 0 Å². The summed E-state index contributed by atoms with van der Waals surface area (Å²) in [7, 11) is -2.31. The molecule has 3 aromatic carbocycles. The van der Waals surface area contributed by atoms with Crippen molar-refractivity contribution >= 4 is 38.4 Å². The van der Waals surface area contributed by atoms with Gasteiger partial charge in [-0.2, -0.15) is 0 Å². The molecular formula is C26H30N4O4S. The number of hydrogen-bond acceptors (Lipinski definition) is 4. The van der Waals surface area contributed by atoms with Crippen LogP contribution in [0.4, 0.5) is 10.5 Å². The maximum atomic E-state index is 13.4. The van der Waals surface area contributed by atoms with Crippen LogP contribution in [-0.2, 0) is 21.4 Å². The summed E-state index contributed by atoms with van der Waals surface area (Å²) >= 11 is 0. The van der Waals surface area contributed by atoms with Crippen molar-refractivity contribution in [2.24, 2.45) is 0 Å². The Balaban J connectivity index is 1.60. The van der Waals surface area contributed by atoms with E-state index in [-0.39, 0.29) is 23.4 Å². The number of fused-ring (bicyclic) bond motifs is 1. The second kappa shape index (κ2) is 10.5. The van der Waals surface area contributed by atoms with E-state index >= 15 is 0 Å². The number of carbonyl (C=O) groups is 2. The molecule has 0 aliphatic heterocycles. The Hall–Kier alpha value is -3.43. The summed E-state index contributed by atoms with van der Waals surface area (Å²) in [4.78, 5) is 29.0. The molecule has 0 unspecified atom stereocenters. The van der Waals surface area contributed by atoms with Crippen molar-refractivity contribution in [2.45, 2.75) is 50.1 Å². The quantitative estimate of drug-likeness (QED) is 0.473. The van der Waals surface area contributed by atoms with Crippen molar-refractivity contribution in [3.63, 3.8) is 0 Å². The first-order valence-electron chi connectivity index (χ1n) is 11.6. The van der Waals surface area contributed by atoms with Crippen LogP contribution < -0.4 is 10.1 Å². The molecule has 3 aromatic rings. The standard InChI is InChI=1S/C26H30N4O4S/c1-19(31)27-23-14-11-20(12-15-23)18-30(26(32)29(2)24-9-5-6-10-24)28-35(33,34)25-16-13-21-7-3-4-8-22(21)17-25/h3-4,7-8,11-17,24,28H,5-6,9-10,18H2,1-2H3,(H,27,31). The first-order chi connectivity index (χ1) is 16.7. The molecule has 3 amide bonds. The number of carbonyl (C=O) groups excluding carboxylic acids is 2. The highest BCUT2D eigenvalue weighted by atomic mass is 32.2. The zero-order chi connectivity index (χ0) is 25.0.